The normalized spacial score (nSPS) is 13.1. The van der Waals surface area contributed by atoms with Crippen LogP contribution in [0.2, 0.25) is 0 Å². The maximum Gasteiger partial charge on any atom is 0.225 e. The van der Waals surface area contributed by atoms with Crippen molar-refractivity contribution in [2.24, 2.45) is 0 Å². The molecule has 1 aromatic carbocycles. The Bertz CT molecular complexity index is 1090. The van der Waals surface area contributed by atoms with Gasteiger partial charge in [0.05, 0.1) is 11.8 Å². The molecule has 4 rings (SSSR count). The Hall–Kier alpha value is -2.91. The zero-order valence-electron chi connectivity index (χ0n) is 17.3. The molecule has 1 aliphatic carbocycles. The molecule has 0 saturated heterocycles. The van der Waals surface area contributed by atoms with Crippen molar-refractivity contribution in [1.82, 2.24) is 4.98 Å². The van der Waals surface area contributed by atoms with Crippen molar-refractivity contribution in [2.45, 2.75) is 58.3 Å². The van der Waals surface area contributed by atoms with Crippen LogP contribution in [0.5, 0.6) is 0 Å². The van der Waals surface area contributed by atoms with Crippen molar-refractivity contribution < 1.29 is 9.21 Å². The highest BCUT2D eigenvalue weighted by Crippen LogP contribution is 2.37. The fourth-order valence-corrected chi connectivity index (χ4v) is 5.03. The predicted molar refractivity (Wildman–Crippen MR) is 119 cm³/mol. The molecule has 2 heterocycles. The van der Waals surface area contributed by atoms with Gasteiger partial charge in [-0.3, -0.25) is 4.79 Å². The average molecular weight is 420 g/mol. The molecule has 1 amide bonds. The highest BCUT2D eigenvalue weighted by molar-refractivity contribution is 7.16. The Kier molecular flexibility index (Phi) is 6.01. The minimum absolute atomic E-state index is 0.119. The molecule has 0 saturated carbocycles. The first-order valence-electron chi connectivity index (χ1n) is 10.4. The Morgan fingerprint density at radius 1 is 1.27 bits per heavy atom. The van der Waals surface area contributed by atoms with Gasteiger partial charge in [0.1, 0.15) is 11.1 Å². The summed E-state index contributed by atoms with van der Waals surface area (Å²) in [6.07, 6.45) is 6.59. The number of thiophene rings is 1. The lowest BCUT2D eigenvalue weighted by Crippen LogP contribution is -2.12. The topological polar surface area (TPSA) is 78.9 Å². The molecule has 3 aromatic rings. The Balaban J connectivity index is 1.37. The number of hydrogen-bond acceptors (Lipinski definition) is 5. The lowest BCUT2D eigenvalue weighted by Gasteiger charge is -2.09. The van der Waals surface area contributed by atoms with Crippen LogP contribution in [0, 0.1) is 11.3 Å². The number of nitrogens with zero attached hydrogens (tertiary/aromatic N) is 2. The van der Waals surface area contributed by atoms with E-state index in [4.69, 9.17) is 4.42 Å². The van der Waals surface area contributed by atoms with Crippen LogP contribution in [-0.2, 0) is 24.1 Å². The number of rotatable bonds is 6. The Morgan fingerprint density at radius 3 is 2.77 bits per heavy atom. The summed E-state index contributed by atoms with van der Waals surface area (Å²) >= 11 is 1.55. The number of fused-ring (bicyclic) bond motifs is 1. The lowest BCUT2D eigenvalue weighted by molar-refractivity contribution is -0.116. The monoisotopic (exact) mass is 419 g/mol. The van der Waals surface area contributed by atoms with Gasteiger partial charge in [0.2, 0.25) is 5.91 Å². The zero-order chi connectivity index (χ0) is 21.1. The number of oxazole rings is 1. The molecule has 5 nitrogen and oxygen atoms in total. The van der Waals surface area contributed by atoms with Crippen molar-refractivity contribution in [3.63, 3.8) is 0 Å². The van der Waals surface area contributed by atoms with Gasteiger partial charge in [0, 0.05) is 23.3 Å². The van der Waals surface area contributed by atoms with Crippen LogP contribution in [-0.4, -0.2) is 10.9 Å². The van der Waals surface area contributed by atoms with Gasteiger partial charge in [-0.15, -0.1) is 11.3 Å². The van der Waals surface area contributed by atoms with E-state index >= 15 is 0 Å². The van der Waals surface area contributed by atoms with Crippen LogP contribution < -0.4 is 5.32 Å². The molecule has 0 spiro atoms. The van der Waals surface area contributed by atoms with E-state index in [2.05, 4.69) is 42.4 Å². The minimum Gasteiger partial charge on any atom is -0.441 e. The fourth-order valence-electron chi connectivity index (χ4n) is 3.77. The van der Waals surface area contributed by atoms with Crippen LogP contribution >= 0.6 is 11.3 Å². The van der Waals surface area contributed by atoms with Gasteiger partial charge >= 0.3 is 0 Å². The second kappa shape index (κ2) is 8.85. The second-order valence-corrected chi connectivity index (χ2v) is 9.08. The quantitative estimate of drug-likeness (QED) is 0.544. The average Bonchev–Trinajstić information content (AvgIpc) is 3.36. The summed E-state index contributed by atoms with van der Waals surface area (Å²) in [7, 11) is 0. The summed E-state index contributed by atoms with van der Waals surface area (Å²) in [6.45, 7) is 4.33. The smallest absolute Gasteiger partial charge is 0.225 e. The number of nitriles is 1. The van der Waals surface area contributed by atoms with E-state index in [0.29, 0.717) is 34.6 Å². The Morgan fingerprint density at radius 2 is 2.03 bits per heavy atom. The third-order valence-electron chi connectivity index (χ3n) is 5.52. The molecule has 30 heavy (non-hydrogen) atoms. The van der Waals surface area contributed by atoms with E-state index in [-0.39, 0.29) is 12.3 Å². The maximum atomic E-state index is 12.5. The molecular formula is C24H25N3O2S. The van der Waals surface area contributed by atoms with Gasteiger partial charge in [-0.2, -0.15) is 5.26 Å². The molecule has 0 unspecified atom stereocenters. The van der Waals surface area contributed by atoms with Crippen LogP contribution in [0.1, 0.15) is 66.5 Å². The first kappa shape index (κ1) is 20.4. The predicted octanol–water partition coefficient (Wildman–Crippen LogP) is 5.85. The number of carbonyl (C=O) groups is 1. The standard InChI is InChI=1S/C24H25N3O2S/c1-15(2)16-7-9-17(10-8-16)20-14-26-23(29-20)12-11-22(28)27-24-19(13-25)18-5-3-4-6-21(18)30-24/h7-10,14-15H,3-6,11-12H2,1-2H3,(H,27,28). The number of anilines is 1. The summed E-state index contributed by atoms with van der Waals surface area (Å²) < 4.78 is 5.84. The molecule has 0 bridgehead atoms. The fraction of sp³-hybridized carbons (Fsp3) is 0.375. The van der Waals surface area contributed by atoms with Gasteiger partial charge in [-0.25, -0.2) is 4.98 Å². The molecule has 2 aromatic heterocycles. The third kappa shape index (κ3) is 4.31. The highest BCUT2D eigenvalue weighted by Gasteiger charge is 2.22. The van der Waals surface area contributed by atoms with Crippen LogP contribution in [0.15, 0.2) is 34.9 Å². The third-order valence-corrected chi connectivity index (χ3v) is 6.72. The first-order chi connectivity index (χ1) is 14.5. The SMILES string of the molecule is CC(C)c1ccc(-c2cnc(CCC(=O)Nc3sc4c(c3C#N)CCCC4)o2)cc1. The first-order valence-corrected chi connectivity index (χ1v) is 11.3. The van der Waals surface area contributed by atoms with Crippen LogP contribution in [0.3, 0.4) is 0 Å². The lowest BCUT2D eigenvalue weighted by atomic mass is 9.96. The molecule has 1 aliphatic rings. The summed E-state index contributed by atoms with van der Waals surface area (Å²) in [5.74, 6) is 1.61. The van der Waals surface area contributed by atoms with Crippen molar-refractivity contribution in [1.29, 1.82) is 5.26 Å². The van der Waals surface area contributed by atoms with E-state index < -0.39 is 0 Å². The number of carbonyl (C=O) groups excluding carboxylic acids is 1. The number of nitrogens with one attached hydrogen (secondary N) is 1. The van der Waals surface area contributed by atoms with Crippen LogP contribution in [0.25, 0.3) is 11.3 Å². The molecule has 6 heteroatoms. The number of hydrogen-bond donors (Lipinski definition) is 1. The van der Waals surface area contributed by atoms with E-state index in [1.807, 2.05) is 12.1 Å². The number of benzene rings is 1. The molecule has 0 atom stereocenters. The summed E-state index contributed by atoms with van der Waals surface area (Å²) in [6, 6.07) is 10.6. The molecule has 0 fully saturated rings. The molecular weight excluding hydrogens is 394 g/mol. The van der Waals surface area contributed by atoms with Crippen molar-refractivity contribution in [3.8, 4) is 17.4 Å². The van der Waals surface area contributed by atoms with E-state index in [1.165, 1.54) is 10.4 Å². The number of aromatic nitrogens is 1. The summed E-state index contributed by atoms with van der Waals surface area (Å²) in [5.41, 5.74) is 4.03. The number of amides is 1. The largest absolute Gasteiger partial charge is 0.441 e. The number of aryl methyl sites for hydroxylation is 2. The van der Waals surface area contributed by atoms with Gasteiger partial charge in [0.25, 0.3) is 0 Å². The van der Waals surface area contributed by atoms with E-state index in [0.717, 1.165) is 36.8 Å². The van der Waals surface area contributed by atoms with Gasteiger partial charge in [0.15, 0.2) is 11.7 Å². The van der Waals surface area contributed by atoms with Crippen LogP contribution in [0.4, 0.5) is 5.00 Å². The highest BCUT2D eigenvalue weighted by atomic mass is 32.1. The molecule has 1 N–H and O–H groups in total. The van der Waals surface area contributed by atoms with Crippen molar-refractivity contribution in [3.05, 3.63) is 57.9 Å². The van der Waals surface area contributed by atoms with Crippen molar-refractivity contribution in [2.75, 3.05) is 5.32 Å². The molecule has 0 radical (unpaired) electrons. The Labute approximate surface area is 180 Å². The zero-order valence-corrected chi connectivity index (χ0v) is 18.1. The van der Waals surface area contributed by atoms with E-state index in [1.54, 1.807) is 17.5 Å². The second-order valence-electron chi connectivity index (χ2n) is 7.97. The van der Waals surface area contributed by atoms with Gasteiger partial charge in [-0.05, 0) is 42.7 Å². The molecule has 0 aliphatic heterocycles. The minimum atomic E-state index is -0.119. The summed E-state index contributed by atoms with van der Waals surface area (Å²) in [5, 5.41) is 13.1. The van der Waals surface area contributed by atoms with Crippen molar-refractivity contribution >= 4 is 22.2 Å². The van der Waals surface area contributed by atoms with Gasteiger partial charge in [-0.1, -0.05) is 38.1 Å². The van der Waals surface area contributed by atoms with E-state index in [9.17, 15) is 10.1 Å². The maximum absolute atomic E-state index is 12.5. The van der Waals surface area contributed by atoms with Gasteiger partial charge < -0.3 is 9.73 Å². The summed E-state index contributed by atoms with van der Waals surface area (Å²) in [4.78, 5) is 18.0. The molecule has 154 valence electrons.